The van der Waals surface area contributed by atoms with Gasteiger partial charge in [-0.25, -0.2) is 0 Å². The van der Waals surface area contributed by atoms with Gasteiger partial charge in [0.2, 0.25) is 5.91 Å². The lowest BCUT2D eigenvalue weighted by molar-refractivity contribution is -0.121. The SMILES string of the molecule is O=C(CCCC=CC[C@H]1C(=O)CC=C1C=C[C@@H](O)CCc1ccccc1)NC1CC1. The van der Waals surface area contributed by atoms with Crippen LogP contribution in [0, 0.1) is 5.92 Å². The fourth-order valence-corrected chi connectivity index (χ4v) is 3.68. The van der Waals surface area contributed by atoms with Crippen LogP contribution in [0.4, 0.5) is 0 Å². The second-order valence-corrected chi connectivity index (χ2v) is 8.32. The van der Waals surface area contributed by atoms with Crippen molar-refractivity contribution in [3.05, 3.63) is 71.8 Å². The smallest absolute Gasteiger partial charge is 0.220 e. The molecule has 1 aromatic carbocycles. The zero-order valence-corrected chi connectivity index (χ0v) is 17.6. The molecule has 2 aliphatic rings. The Labute approximate surface area is 179 Å². The van der Waals surface area contributed by atoms with Gasteiger partial charge < -0.3 is 10.4 Å². The van der Waals surface area contributed by atoms with Crippen LogP contribution in [0.2, 0.25) is 0 Å². The number of allylic oxidation sites excluding steroid dienone is 5. The molecular formula is C26H33NO3. The summed E-state index contributed by atoms with van der Waals surface area (Å²) in [5, 5.41) is 13.3. The molecule has 0 aromatic heterocycles. The number of hydrogen-bond acceptors (Lipinski definition) is 3. The number of nitrogens with one attached hydrogen (secondary N) is 1. The zero-order valence-electron chi connectivity index (χ0n) is 17.6. The van der Waals surface area contributed by atoms with Crippen LogP contribution in [0.1, 0.15) is 56.9 Å². The van der Waals surface area contributed by atoms with Crippen LogP contribution in [0.15, 0.2) is 66.3 Å². The Kier molecular flexibility index (Phi) is 8.64. The first-order valence-electron chi connectivity index (χ1n) is 11.2. The third-order valence-electron chi connectivity index (χ3n) is 5.67. The zero-order chi connectivity index (χ0) is 21.2. The Morgan fingerprint density at radius 3 is 2.77 bits per heavy atom. The summed E-state index contributed by atoms with van der Waals surface area (Å²) in [5.74, 6) is 0.275. The molecule has 0 spiro atoms. The molecule has 1 fully saturated rings. The maximum atomic E-state index is 12.2. The highest BCUT2D eigenvalue weighted by molar-refractivity contribution is 5.89. The number of amides is 1. The van der Waals surface area contributed by atoms with E-state index >= 15 is 0 Å². The predicted molar refractivity (Wildman–Crippen MR) is 120 cm³/mol. The van der Waals surface area contributed by atoms with E-state index < -0.39 is 6.10 Å². The average molecular weight is 408 g/mol. The molecule has 0 heterocycles. The second-order valence-electron chi connectivity index (χ2n) is 8.32. The lowest BCUT2D eigenvalue weighted by atomic mass is 9.95. The molecule has 0 saturated heterocycles. The van der Waals surface area contributed by atoms with Gasteiger partial charge in [-0.05, 0) is 56.1 Å². The van der Waals surface area contributed by atoms with Gasteiger partial charge in [0, 0.05) is 24.8 Å². The molecule has 30 heavy (non-hydrogen) atoms. The molecule has 0 radical (unpaired) electrons. The normalized spacial score (nSPS) is 20.1. The van der Waals surface area contributed by atoms with Crippen LogP contribution in [-0.4, -0.2) is 28.9 Å². The highest BCUT2D eigenvalue weighted by atomic mass is 16.3. The summed E-state index contributed by atoms with van der Waals surface area (Å²) in [5.41, 5.74) is 2.22. The monoisotopic (exact) mass is 407 g/mol. The van der Waals surface area contributed by atoms with E-state index in [0.29, 0.717) is 31.7 Å². The van der Waals surface area contributed by atoms with Crippen molar-refractivity contribution in [2.75, 3.05) is 0 Å². The van der Waals surface area contributed by atoms with Gasteiger partial charge >= 0.3 is 0 Å². The average Bonchev–Trinajstić information content (AvgIpc) is 3.50. The van der Waals surface area contributed by atoms with Gasteiger partial charge in [0.1, 0.15) is 5.78 Å². The number of ketones is 1. The van der Waals surface area contributed by atoms with Crippen LogP contribution < -0.4 is 5.32 Å². The fourth-order valence-electron chi connectivity index (χ4n) is 3.68. The molecule has 4 nitrogen and oxygen atoms in total. The largest absolute Gasteiger partial charge is 0.389 e. The molecule has 0 unspecified atom stereocenters. The van der Waals surface area contributed by atoms with Crippen molar-refractivity contribution >= 4 is 11.7 Å². The van der Waals surface area contributed by atoms with Crippen LogP contribution >= 0.6 is 0 Å². The minimum atomic E-state index is -0.514. The lowest BCUT2D eigenvalue weighted by Gasteiger charge is -2.10. The summed E-state index contributed by atoms with van der Waals surface area (Å²) in [6, 6.07) is 10.6. The van der Waals surface area contributed by atoms with Gasteiger partial charge in [0.05, 0.1) is 6.10 Å². The number of Topliss-reactive ketones (excluding diaryl/α,β-unsaturated/α-hetero) is 1. The van der Waals surface area contributed by atoms with Crippen LogP contribution in [-0.2, 0) is 16.0 Å². The van der Waals surface area contributed by atoms with E-state index in [1.54, 1.807) is 0 Å². The standard InChI is InChI=1S/C26H33NO3/c28-23(17-12-20-8-4-3-5-9-20)18-13-21-14-19-25(29)24(21)10-6-1-2-7-11-26(30)27-22-15-16-22/h1,3-6,8-9,13-14,18,22-24,28H,2,7,10-12,15-17,19H2,(H,27,30)/t23-,24+/m0/s1. The first kappa shape index (κ1) is 22.2. The summed E-state index contributed by atoms with van der Waals surface area (Å²) in [7, 11) is 0. The number of unbranched alkanes of at least 4 members (excludes halogenated alkanes) is 1. The number of aryl methyl sites for hydroxylation is 1. The van der Waals surface area contributed by atoms with Crippen LogP contribution in [0.5, 0.6) is 0 Å². The van der Waals surface area contributed by atoms with E-state index in [9.17, 15) is 14.7 Å². The number of aliphatic hydroxyl groups excluding tert-OH is 1. The van der Waals surface area contributed by atoms with Gasteiger partial charge in [0.15, 0.2) is 0 Å². The van der Waals surface area contributed by atoms with E-state index in [2.05, 4.69) is 29.6 Å². The Bertz CT molecular complexity index is 790. The minimum Gasteiger partial charge on any atom is -0.389 e. The van der Waals surface area contributed by atoms with Crippen molar-refractivity contribution in [3.8, 4) is 0 Å². The minimum absolute atomic E-state index is 0.114. The maximum absolute atomic E-state index is 12.2. The lowest BCUT2D eigenvalue weighted by Crippen LogP contribution is -2.24. The molecule has 2 aliphatic carbocycles. The summed E-state index contributed by atoms with van der Waals surface area (Å²) in [4.78, 5) is 23.9. The van der Waals surface area contributed by atoms with Gasteiger partial charge in [-0.2, -0.15) is 0 Å². The van der Waals surface area contributed by atoms with Gasteiger partial charge in [-0.3, -0.25) is 9.59 Å². The summed E-state index contributed by atoms with van der Waals surface area (Å²) in [6.45, 7) is 0. The molecule has 1 saturated carbocycles. The topological polar surface area (TPSA) is 66.4 Å². The quantitative estimate of drug-likeness (QED) is 0.397. The van der Waals surface area contributed by atoms with E-state index in [0.717, 1.165) is 37.7 Å². The summed E-state index contributed by atoms with van der Waals surface area (Å²) >= 11 is 0. The van der Waals surface area contributed by atoms with Gasteiger partial charge in [0.25, 0.3) is 0 Å². The second kappa shape index (κ2) is 11.7. The van der Waals surface area contributed by atoms with Crippen molar-refractivity contribution in [1.82, 2.24) is 5.32 Å². The number of carbonyl (C=O) groups is 2. The highest BCUT2D eigenvalue weighted by Gasteiger charge is 2.25. The molecule has 1 aromatic rings. The molecule has 0 bridgehead atoms. The molecule has 2 atom stereocenters. The van der Waals surface area contributed by atoms with Crippen molar-refractivity contribution in [1.29, 1.82) is 0 Å². The van der Waals surface area contributed by atoms with E-state index in [4.69, 9.17) is 0 Å². The molecule has 160 valence electrons. The Hall–Kier alpha value is -2.46. The Morgan fingerprint density at radius 1 is 1.20 bits per heavy atom. The maximum Gasteiger partial charge on any atom is 0.220 e. The van der Waals surface area contributed by atoms with Crippen molar-refractivity contribution in [2.24, 2.45) is 5.92 Å². The molecule has 2 N–H and O–H groups in total. The summed E-state index contributed by atoms with van der Waals surface area (Å²) in [6.07, 6.45) is 16.5. The first-order chi connectivity index (χ1) is 14.6. The molecule has 0 aliphatic heterocycles. The number of rotatable bonds is 12. The highest BCUT2D eigenvalue weighted by Crippen LogP contribution is 2.27. The third-order valence-corrected chi connectivity index (χ3v) is 5.67. The third kappa shape index (κ3) is 7.75. The van der Waals surface area contributed by atoms with Gasteiger partial charge in [-0.15, -0.1) is 0 Å². The van der Waals surface area contributed by atoms with Crippen molar-refractivity contribution in [3.63, 3.8) is 0 Å². The fraction of sp³-hybridized carbons (Fsp3) is 0.462. The number of aliphatic hydroxyl groups is 1. The molecule has 3 rings (SSSR count). The first-order valence-corrected chi connectivity index (χ1v) is 11.2. The van der Waals surface area contributed by atoms with E-state index in [1.165, 1.54) is 5.56 Å². The Balaban J connectivity index is 1.36. The number of benzene rings is 1. The van der Waals surface area contributed by atoms with Crippen molar-refractivity contribution < 1.29 is 14.7 Å². The van der Waals surface area contributed by atoms with Crippen molar-refractivity contribution in [2.45, 2.75) is 69.9 Å². The van der Waals surface area contributed by atoms with E-state index in [-0.39, 0.29) is 17.6 Å². The van der Waals surface area contributed by atoms with Crippen LogP contribution in [0.3, 0.4) is 0 Å². The van der Waals surface area contributed by atoms with Gasteiger partial charge in [-0.1, -0.05) is 60.7 Å². The summed E-state index contributed by atoms with van der Waals surface area (Å²) < 4.78 is 0. The number of carbonyl (C=O) groups excluding carboxylic acids is 2. The molecule has 4 heteroatoms. The molecular weight excluding hydrogens is 374 g/mol. The number of hydrogen-bond donors (Lipinski definition) is 2. The van der Waals surface area contributed by atoms with E-state index in [1.807, 2.05) is 36.4 Å². The molecule has 1 amide bonds. The van der Waals surface area contributed by atoms with Crippen LogP contribution in [0.25, 0.3) is 0 Å². The Morgan fingerprint density at radius 2 is 2.00 bits per heavy atom. The predicted octanol–water partition coefficient (Wildman–Crippen LogP) is 4.45.